The molecule has 28 nitrogen and oxygen atoms in total. The van der Waals surface area contributed by atoms with E-state index in [-0.39, 0.29) is 84.4 Å². The molecule has 6 unspecified atom stereocenters. The van der Waals surface area contributed by atoms with E-state index >= 15 is 0 Å². The number of fused-ring (bicyclic) bond motifs is 2. The van der Waals surface area contributed by atoms with Crippen molar-refractivity contribution in [2.75, 3.05) is 40.1 Å². The van der Waals surface area contributed by atoms with Gasteiger partial charge in [0, 0.05) is 10.0 Å². The van der Waals surface area contributed by atoms with Crippen molar-refractivity contribution in [3.8, 4) is 23.3 Å². The maximum atomic E-state index is 14.8. The number of carbonyl (C=O) groups excluding carboxylic acids is 2. The van der Waals surface area contributed by atoms with Gasteiger partial charge in [0.15, 0.2) is 34.8 Å². The normalized spacial score (nSPS) is 26.4. The Morgan fingerprint density at radius 2 is 1.29 bits per heavy atom. The number of aliphatic hydroxyl groups is 3. The third kappa shape index (κ3) is 12.7. The zero-order chi connectivity index (χ0) is 59.1. The van der Waals surface area contributed by atoms with Crippen LogP contribution in [0.15, 0.2) is 73.8 Å². The lowest BCUT2D eigenvalue weighted by atomic mass is 9.96. The lowest BCUT2D eigenvalue weighted by Crippen LogP contribution is -2.49. The molecule has 2 saturated heterocycles. The number of nitrogens with one attached hydrogen (secondary N) is 2. The molecule has 2 aromatic carbocycles. The summed E-state index contributed by atoms with van der Waals surface area (Å²) in [5, 5.41) is 41.8. The van der Waals surface area contributed by atoms with Crippen LogP contribution in [-0.4, -0.2) is 159 Å². The Morgan fingerprint density at radius 1 is 0.759 bits per heavy atom. The van der Waals surface area contributed by atoms with E-state index in [1.54, 1.807) is 13.8 Å². The second-order valence-electron chi connectivity index (χ2n) is 21.0. The van der Waals surface area contributed by atoms with E-state index in [2.05, 4.69) is 40.1 Å². The van der Waals surface area contributed by atoms with Crippen molar-refractivity contribution < 1.29 is 85.3 Å². The van der Waals surface area contributed by atoms with Crippen LogP contribution in [0.3, 0.4) is 0 Å². The second-order valence-corrected chi connectivity index (χ2v) is 25.2. The number of esters is 2. The molecule has 83 heavy (non-hydrogen) atoms. The molecule has 5 N–H and O–H groups in total. The molecule has 2 saturated carbocycles. The van der Waals surface area contributed by atoms with Crippen LogP contribution in [0.5, 0.6) is 23.3 Å². The number of ether oxygens (including phenoxy) is 7. The Hall–Kier alpha value is -5.68. The molecule has 4 fully saturated rings. The molecule has 0 bridgehead atoms. The van der Waals surface area contributed by atoms with Gasteiger partial charge in [-0.1, -0.05) is 23.2 Å². The van der Waals surface area contributed by atoms with Crippen LogP contribution in [0.4, 0.5) is 0 Å². The van der Waals surface area contributed by atoms with Crippen molar-refractivity contribution in [1.29, 1.82) is 0 Å². The predicted octanol–water partition coefficient (Wildman–Crippen LogP) is 5.96. The zero-order valence-corrected chi connectivity index (χ0v) is 49.0. The van der Waals surface area contributed by atoms with Crippen LogP contribution in [0.1, 0.15) is 79.2 Å². The lowest BCUT2D eigenvalue weighted by molar-refractivity contribution is -0.159. The standard InChI is InChI=1S/C51H62Cl2N10O18P2/c1-7-72-42-36-41(55-25-56-42)63(28-59-36)45-50(5,39(65)35(79-45)24-75-82(69,80-32-15-11-29(52)12-16-32)60-48(2,3)46(66)77-31-9-8-10-31)74-22-21-73-43-37-40(54-26-57-43)62(27-58-37)44-49(4,68)38(64)34(78-44)23-76-83(70,61-51(19-20-51)47(67)71-6)81-33-17-13-30(53)14-18-33/h11-18,25-28,31,34-35,38-39,44-45,64-65,68H,7-10,19-24H2,1-6H3,(H,60,69)(H,61,70)/t34?,35?,38-,39-,44?,45?,49-,50-,82?,83?/m1/s1. The molecule has 2 aliphatic heterocycles. The predicted molar refractivity (Wildman–Crippen MR) is 291 cm³/mol. The van der Waals surface area contributed by atoms with Gasteiger partial charge in [-0.15, -0.1) is 0 Å². The van der Waals surface area contributed by atoms with Gasteiger partial charge in [-0.25, -0.2) is 29.1 Å². The quantitative estimate of drug-likeness (QED) is 0.0237. The summed E-state index contributed by atoms with van der Waals surface area (Å²) in [6.07, 6.45) is -0.568. The first-order valence-corrected chi connectivity index (χ1v) is 30.3. The van der Waals surface area contributed by atoms with Gasteiger partial charge < -0.3 is 57.5 Å². The van der Waals surface area contributed by atoms with Gasteiger partial charge in [0.2, 0.25) is 11.8 Å². The van der Waals surface area contributed by atoms with Crippen molar-refractivity contribution in [1.82, 2.24) is 49.2 Å². The molecule has 0 amide bonds. The Labute approximate surface area is 484 Å². The number of aliphatic hydroxyl groups excluding tert-OH is 2. The van der Waals surface area contributed by atoms with Crippen molar-refractivity contribution in [3.05, 3.63) is 83.9 Å². The molecule has 10 atom stereocenters. The number of halogens is 2. The molecular formula is C51H62Cl2N10O18P2. The highest BCUT2D eigenvalue weighted by Gasteiger charge is 2.59. The average Bonchev–Trinajstić information content (AvgIpc) is 2.29. The van der Waals surface area contributed by atoms with E-state index in [0.717, 1.165) is 6.42 Å². The Bertz CT molecular complexity index is 3410. The highest BCUT2D eigenvalue weighted by atomic mass is 35.5. The summed E-state index contributed by atoms with van der Waals surface area (Å²) in [6, 6.07) is 11.9. The maximum absolute atomic E-state index is 14.8. The SMILES string of the molecule is CCOc1ncnc2c1ncn2C1OC(COP(=O)(NC(C)(C)C(=O)OC2CCC2)Oc2ccc(Cl)cc2)[C@@H](O)[C@@]1(C)OCCOc1ncnc2c1ncn2C1OC(COP(=O)(NC2(C(=O)OC)CC2)Oc2ccc(Cl)cc2)[C@@H](O)[C@@]1(C)O. The first-order valence-electron chi connectivity index (χ1n) is 26.4. The molecule has 0 radical (unpaired) electrons. The molecule has 10 rings (SSSR count). The minimum absolute atomic E-state index is 0.0261. The number of nitrogens with zero attached hydrogens (tertiary/aromatic N) is 8. The zero-order valence-electron chi connectivity index (χ0n) is 45.7. The molecule has 448 valence electrons. The van der Waals surface area contributed by atoms with Crippen molar-refractivity contribution in [2.24, 2.45) is 0 Å². The fourth-order valence-corrected chi connectivity index (χ4v) is 13.2. The van der Waals surface area contributed by atoms with Gasteiger partial charge in [0.1, 0.15) is 83.6 Å². The first kappa shape index (κ1) is 60.4. The van der Waals surface area contributed by atoms with E-state index in [9.17, 15) is 34.0 Å². The van der Waals surface area contributed by atoms with Gasteiger partial charge >= 0.3 is 27.4 Å². The number of hydrogen-bond donors (Lipinski definition) is 5. The van der Waals surface area contributed by atoms with Crippen LogP contribution in [-0.2, 0) is 51.5 Å². The van der Waals surface area contributed by atoms with Crippen LogP contribution in [0.2, 0.25) is 10.0 Å². The minimum Gasteiger partial charge on any atom is -0.476 e. The number of methoxy groups -OCH3 is 1. The summed E-state index contributed by atoms with van der Waals surface area (Å²) < 4.78 is 97.3. The van der Waals surface area contributed by atoms with Crippen LogP contribution < -0.4 is 28.7 Å². The second kappa shape index (κ2) is 24.0. The smallest absolute Gasteiger partial charge is 0.459 e. The molecule has 4 aliphatic rings. The molecule has 4 aromatic heterocycles. The molecular weight excluding hydrogens is 1170 g/mol. The Kier molecular flexibility index (Phi) is 17.5. The van der Waals surface area contributed by atoms with Gasteiger partial charge in [0.25, 0.3) is 0 Å². The molecule has 2 aliphatic carbocycles. The van der Waals surface area contributed by atoms with E-state index in [1.165, 1.54) is 111 Å². The third-order valence-electron chi connectivity index (χ3n) is 14.5. The molecule has 6 aromatic rings. The van der Waals surface area contributed by atoms with Crippen LogP contribution in [0.25, 0.3) is 22.3 Å². The number of aromatic nitrogens is 8. The molecule has 6 heterocycles. The Morgan fingerprint density at radius 3 is 1.83 bits per heavy atom. The number of imidazole rings is 2. The topological polar surface area (TPSA) is 342 Å². The van der Waals surface area contributed by atoms with Gasteiger partial charge in [-0.2, -0.15) is 20.1 Å². The fourth-order valence-electron chi connectivity index (χ4n) is 9.54. The number of benzene rings is 2. The van der Waals surface area contributed by atoms with Gasteiger partial charge in [-0.05, 0) is 115 Å². The largest absolute Gasteiger partial charge is 0.476 e. The summed E-state index contributed by atoms with van der Waals surface area (Å²) in [5.74, 6) is -0.996. The lowest BCUT2D eigenvalue weighted by Gasteiger charge is -2.33. The molecule has 32 heteroatoms. The van der Waals surface area contributed by atoms with Crippen molar-refractivity contribution in [2.45, 2.75) is 132 Å². The van der Waals surface area contributed by atoms with Gasteiger partial charge in [-0.3, -0.25) is 27.8 Å². The van der Waals surface area contributed by atoms with Gasteiger partial charge in [0.05, 0.1) is 46.2 Å². The highest BCUT2D eigenvalue weighted by molar-refractivity contribution is 7.52. The summed E-state index contributed by atoms with van der Waals surface area (Å²) in [7, 11) is -7.78. The number of carbonyl (C=O) groups is 2. The third-order valence-corrected chi connectivity index (χ3v) is 18.4. The van der Waals surface area contributed by atoms with E-state index in [1.807, 2.05) is 0 Å². The van der Waals surface area contributed by atoms with Crippen LogP contribution >= 0.6 is 38.7 Å². The van der Waals surface area contributed by atoms with E-state index in [0.29, 0.717) is 22.9 Å². The average molecular weight is 1240 g/mol. The van der Waals surface area contributed by atoms with Crippen molar-refractivity contribution in [3.63, 3.8) is 0 Å². The minimum atomic E-state index is -4.54. The van der Waals surface area contributed by atoms with E-state index in [4.69, 9.17) is 74.5 Å². The highest BCUT2D eigenvalue weighted by Crippen LogP contribution is 2.54. The summed E-state index contributed by atoms with van der Waals surface area (Å²) in [6.45, 7) is 6.31. The van der Waals surface area contributed by atoms with Crippen molar-refractivity contribution >= 4 is 73.0 Å². The number of rotatable bonds is 26. The number of hydrogen-bond acceptors (Lipinski definition) is 24. The fraction of sp³-hybridized carbons (Fsp3) is 0.529. The summed E-state index contributed by atoms with van der Waals surface area (Å²) >= 11 is 12.2. The summed E-state index contributed by atoms with van der Waals surface area (Å²) in [5.41, 5.74) is -5.87. The monoisotopic (exact) mass is 1230 g/mol. The summed E-state index contributed by atoms with van der Waals surface area (Å²) in [4.78, 5) is 52.4. The first-order chi connectivity index (χ1) is 39.5. The van der Waals surface area contributed by atoms with Crippen LogP contribution in [0, 0.1) is 0 Å². The molecule has 0 spiro atoms. The maximum Gasteiger partial charge on any atom is 0.459 e. The van der Waals surface area contributed by atoms with E-state index < -0.39 is 99.8 Å². The Balaban J connectivity index is 0.847.